The van der Waals surface area contributed by atoms with Crippen molar-refractivity contribution in [1.29, 1.82) is 0 Å². The van der Waals surface area contributed by atoms with Crippen LogP contribution in [0.3, 0.4) is 0 Å². The quantitative estimate of drug-likeness (QED) is 0.937. The first-order valence-electron chi connectivity index (χ1n) is 6.98. The van der Waals surface area contributed by atoms with Crippen molar-refractivity contribution in [2.75, 3.05) is 43.4 Å². The van der Waals surface area contributed by atoms with E-state index in [-0.39, 0.29) is 0 Å². The average molecular weight is 324 g/mol. The molecule has 112 valence electrons. The van der Waals surface area contributed by atoms with Crippen LogP contribution in [0.15, 0.2) is 24.3 Å². The second kappa shape index (κ2) is 6.60. The number of nitrogens with zero attached hydrogens (tertiary/aromatic N) is 4. The maximum atomic E-state index is 5.94. The zero-order valence-corrected chi connectivity index (χ0v) is 13.5. The van der Waals surface area contributed by atoms with Gasteiger partial charge in [0.15, 0.2) is 0 Å². The van der Waals surface area contributed by atoms with E-state index < -0.39 is 0 Å². The Morgan fingerprint density at radius 3 is 2.57 bits per heavy atom. The lowest BCUT2D eigenvalue weighted by atomic mass is 10.2. The van der Waals surface area contributed by atoms with Crippen molar-refractivity contribution in [2.24, 2.45) is 0 Å². The molecule has 1 saturated heterocycles. The lowest BCUT2D eigenvalue weighted by Crippen LogP contribution is -2.46. The van der Waals surface area contributed by atoms with Crippen molar-refractivity contribution in [3.8, 4) is 0 Å². The summed E-state index contributed by atoms with van der Waals surface area (Å²) in [5.41, 5.74) is 2.28. The molecule has 0 amide bonds. The summed E-state index contributed by atoms with van der Waals surface area (Å²) >= 11 is 7.35. The monoisotopic (exact) mass is 323 g/mol. The van der Waals surface area contributed by atoms with Gasteiger partial charge in [0.2, 0.25) is 0 Å². The molecule has 0 unspecified atom stereocenters. The highest BCUT2D eigenvalue weighted by atomic mass is 35.5. The standard InChI is InChI=1S/C14H18ClN5S/c1-16-14-13(17-18-21-14)10-19-6-8-20(9-7-19)12-4-2-11(15)3-5-12/h2-5,16H,6-10H2,1H3. The summed E-state index contributed by atoms with van der Waals surface area (Å²) in [7, 11) is 1.91. The van der Waals surface area contributed by atoms with Gasteiger partial charge in [0.25, 0.3) is 0 Å². The van der Waals surface area contributed by atoms with Gasteiger partial charge in [-0.1, -0.05) is 16.1 Å². The molecule has 0 aliphatic carbocycles. The van der Waals surface area contributed by atoms with E-state index in [0.717, 1.165) is 48.4 Å². The summed E-state index contributed by atoms with van der Waals surface area (Å²) in [6.45, 7) is 4.97. The van der Waals surface area contributed by atoms with Gasteiger partial charge in [0.1, 0.15) is 10.7 Å². The van der Waals surface area contributed by atoms with Crippen LogP contribution >= 0.6 is 23.1 Å². The fraction of sp³-hybridized carbons (Fsp3) is 0.429. The number of nitrogens with one attached hydrogen (secondary N) is 1. The average Bonchev–Trinajstić information content (AvgIpc) is 2.96. The second-order valence-electron chi connectivity index (χ2n) is 5.04. The Morgan fingerprint density at radius 2 is 1.90 bits per heavy atom. The van der Waals surface area contributed by atoms with Crippen molar-refractivity contribution >= 4 is 33.8 Å². The van der Waals surface area contributed by atoms with Gasteiger partial charge in [0.05, 0.1) is 0 Å². The number of aromatic nitrogens is 2. The maximum absolute atomic E-state index is 5.94. The summed E-state index contributed by atoms with van der Waals surface area (Å²) in [4.78, 5) is 4.81. The molecule has 1 aliphatic rings. The van der Waals surface area contributed by atoms with Crippen LogP contribution in [0.25, 0.3) is 0 Å². The van der Waals surface area contributed by atoms with E-state index in [1.165, 1.54) is 17.2 Å². The van der Waals surface area contributed by atoms with E-state index in [9.17, 15) is 0 Å². The van der Waals surface area contributed by atoms with Gasteiger partial charge in [-0.3, -0.25) is 4.90 Å². The molecular weight excluding hydrogens is 306 g/mol. The van der Waals surface area contributed by atoms with Crippen molar-refractivity contribution in [3.63, 3.8) is 0 Å². The predicted octanol–water partition coefficient (Wildman–Crippen LogP) is 2.56. The molecular formula is C14H18ClN5S. The molecule has 3 rings (SSSR count). The third kappa shape index (κ3) is 3.45. The number of benzene rings is 1. The van der Waals surface area contributed by atoms with E-state index in [1.807, 2.05) is 19.2 Å². The fourth-order valence-corrected chi connectivity index (χ4v) is 3.18. The van der Waals surface area contributed by atoms with E-state index >= 15 is 0 Å². The minimum absolute atomic E-state index is 0.785. The number of hydrogen-bond donors (Lipinski definition) is 1. The Bertz CT molecular complexity index is 577. The van der Waals surface area contributed by atoms with Crippen LogP contribution in [-0.2, 0) is 6.54 Å². The van der Waals surface area contributed by atoms with Gasteiger partial charge < -0.3 is 10.2 Å². The third-order valence-corrected chi connectivity index (χ3v) is 4.76. The lowest BCUT2D eigenvalue weighted by molar-refractivity contribution is 0.247. The molecule has 2 heterocycles. The smallest absolute Gasteiger partial charge is 0.134 e. The highest BCUT2D eigenvalue weighted by molar-refractivity contribution is 7.10. The van der Waals surface area contributed by atoms with Crippen molar-refractivity contribution in [1.82, 2.24) is 14.5 Å². The molecule has 5 nitrogen and oxygen atoms in total. The molecule has 0 saturated carbocycles. The topological polar surface area (TPSA) is 44.3 Å². The van der Waals surface area contributed by atoms with Gasteiger partial charge in [0, 0.05) is 62.0 Å². The Kier molecular flexibility index (Phi) is 4.57. The van der Waals surface area contributed by atoms with Crippen LogP contribution in [-0.4, -0.2) is 47.7 Å². The molecule has 1 fully saturated rings. The first-order chi connectivity index (χ1) is 10.3. The Morgan fingerprint density at radius 1 is 1.19 bits per heavy atom. The normalized spacial score (nSPS) is 16.2. The highest BCUT2D eigenvalue weighted by Crippen LogP contribution is 2.22. The van der Waals surface area contributed by atoms with Crippen LogP contribution in [0, 0.1) is 0 Å². The molecule has 21 heavy (non-hydrogen) atoms. The Labute approximate surface area is 133 Å². The molecule has 0 bridgehead atoms. The van der Waals surface area contributed by atoms with Crippen LogP contribution in [0.2, 0.25) is 5.02 Å². The minimum Gasteiger partial charge on any atom is -0.377 e. The van der Waals surface area contributed by atoms with Gasteiger partial charge in [-0.2, -0.15) is 0 Å². The van der Waals surface area contributed by atoms with Crippen molar-refractivity contribution < 1.29 is 0 Å². The maximum Gasteiger partial charge on any atom is 0.134 e. The van der Waals surface area contributed by atoms with Gasteiger partial charge in [-0.15, -0.1) is 5.10 Å². The number of hydrogen-bond acceptors (Lipinski definition) is 6. The van der Waals surface area contributed by atoms with Gasteiger partial charge in [-0.25, -0.2) is 0 Å². The van der Waals surface area contributed by atoms with Crippen molar-refractivity contribution in [3.05, 3.63) is 35.0 Å². The molecule has 0 radical (unpaired) electrons. The summed E-state index contributed by atoms with van der Waals surface area (Å²) in [5, 5.41) is 9.20. The molecule has 2 aromatic rings. The van der Waals surface area contributed by atoms with E-state index in [1.54, 1.807) is 0 Å². The van der Waals surface area contributed by atoms with E-state index in [2.05, 4.69) is 36.8 Å². The largest absolute Gasteiger partial charge is 0.377 e. The number of rotatable bonds is 4. The van der Waals surface area contributed by atoms with Crippen molar-refractivity contribution in [2.45, 2.75) is 6.54 Å². The zero-order chi connectivity index (χ0) is 14.7. The number of anilines is 2. The molecule has 0 spiro atoms. The van der Waals surface area contributed by atoms with Gasteiger partial charge >= 0.3 is 0 Å². The lowest BCUT2D eigenvalue weighted by Gasteiger charge is -2.35. The molecule has 1 aromatic carbocycles. The van der Waals surface area contributed by atoms with Gasteiger partial charge in [-0.05, 0) is 24.3 Å². The SMILES string of the molecule is CNc1snnc1CN1CCN(c2ccc(Cl)cc2)CC1. The highest BCUT2D eigenvalue weighted by Gasteiger charge is 2.19. The second-order valence-corrected chi connectivity index (χ2v) is 6.23. The van der Waals surface area contributed by atoms with Crippen LogP contribution in [0.1, 0.15) is 5.69 Å². The Balaban J connectivity index is 1.56. The summed E-state index contributed by atoms with van der Waals surface area (Å²) in [6, 6.07) is 8.07. The number of halogens is 1. The molecule has 1 N–H and O–H groups in total. The first kappa shape index (κ1) is 14.6. The van der Waals surface area contributed by atoms with Crippen LogP contribution in [0.4, 0.5) is 10.7 Å². The molecule has 7 heteroatoms. The van der Waals surface area contributed by atoms with Crippen LogP contribution in [0.5, 0.6) is 0 Å². The molecule has 1 aromatic heterocycles. The summed E-state index contributed by atoms with van der Waals surface area (Å²) in [5.74, 6) is 0. The van der Waals surface area contributed by atoms with E-state index in [0.29, 0.717) is 0 Å². The zero-order valence-electron chi connectivity index (χ0n) is 11.9. The van der Waals surface area contributed by atoms with Crippen LogP contribution < -0.4 is 10.2 Å². The first-order valence-corrected chi connectivity index (χ1v) is 8.13. The fourth-order valence-electron chi connectivity index (χ4n) is 2.53. The third-order valence-electron chi connectivity index (χ3n) is 3.72. The predicted molar refractivity (Wildman–Crippen MR) is 88.4 cm³/mol. The molecule has 1 aliphatic heterocycles. The summed E-state index contributed by atoms with van der Waals surface area (Å²) in [6.07, 6.45) is 0. The minimum atomic E-state index is 0.785. The Hall–Kier alpha value is -1.37. The number of piperazine rings is 1. The summed E-state index contributed by atoms with van der Waals surface area (Å²) < 4.78 is 4.01. The van der Waals surface area contributed by atoms with E-state index in [4.69, 9.17) is 11.6 Å². The molecule has 0 atom stereocenters.